The molecule has 0 aromatic carbocycles. The molecule has 0 unspecified atom stereocenters. The van der Waals surface area contributed by atoms with E-state index in [1.54, 1.807) is 0 Å². The van der Waals surface area contributed by atoms with Crippen molar-refractivity contribution in [1.29, 1.82) is 0 Å². The van der Waals surface area contributed by atoms with Crippen LogP contribution in [0.3, 0.4) is 0 Å². The number of likely N-dealkylation sites (N-methyl/N-ethyl adjacent to an activating group) is 1. The molecule has 1 N–H and O–H groups in total. The van der Waals surface area contributed by atoms with Gasteiger partial charge < -0.3 is 10.0 Å². The molecule has 0 bridgehead atoms. The van der Waals surface area contributed by atoms with E-state index in [9.17, 15) is 0 Å². The zero-order valence-corrected chi connectivity index (χ0v) is 10.3. The lowest BCUT2D eigenvalue weighted by atomic mass is 9.91. The molecule has 3 nitrogen and oxygen atoms in total. The number of rotatable bonds is 8. The van der Waals surface area contributed by atoms with E-state index in [4.69, 9.17) is 5.11 Å². The first kappa shape index (κ1) is 12.9. The minimum atomic E-state index is 0.300. The third-order valence-electron chi connectivity index (χ3n) is 3.58. The Hall–Kier alpha value is -0.120. The van der Waals surface area contributed by atoms with E-state index in [0.29, 0.717) is 6.61 Å². The Kier molecular flexibility index (Phi) is 6.22. The summed E-state index contributed by atoms with van der Waals surface area (Å²) in [6.07, 6.45) is 4.04. The molecule has 0 amide bonds. The van der Waals surface area contributed by atoms with Crippen LogP contribution in [0.15, 0.2) is 0 Å². The molecule has 90 valence electrons. The lowest BCUT2D eigenvalue weighted by molar-refractivity contribution is 0.0896. The van der Waals surface area contributed by atoms with Crippen LogP contribution in [0, 0.1) is 0 Å². The predicted octanol–water partition coefficient (Wildman–Crippen LogP) is 1.17. The highest BCUT2D eigenvalue weighted by atomic mass is 16.3. The van der Waals surface area contributed by atoms with Gasteiger partial charge in [0.05, 0.1) is 6.61 Å². The Morgan fingerprint density at radius 1 is 1.07 bits per heavy atom. The first-order valence-electron chi connectivity index (χ1n) is 6.39. The van der Waals surface area contributed by atoms with Gasteiger partial charge in [0.25, 0.3) is 0 Å². The van der Waals surface area contributed by atoms with Crippen LogP contribution in [-0.4, -0.2) is 60.3 Å². The molecule has 0 atom stereocenters. The number of aliphatic hydroxyl groups is 1. The fourth-order valence-corrected chi connectivity index (χ4v) is 2.17. The zero-order chi connectivity index (χ0) is 11.1. The van der Waals surface area contributed by atoms with E-state index >= 15 is 0 Å². The molecule has 0 aromatic rings. The van der Waals surface area contributed by atoms with E-state index in [-0.39, 0.29) is 0 Å². The Bertz CT molecular complexity index is 156. The Labute approximate surface area is 94.1 Å². The third-order valence-corrected chi connectivity index (χ3v) is 3.58. The lowest BCUT2D eigenvalue weighted by Gasteiger charge is -2.38. The number of hydrogen-bond donors (Lipinski definition) is 1. The molecule has 0 radical (unpaired) electrons. The predicted molar refractivity (Wildman–Crippen MR) is 64.1 cm³/mol. The van der Waals surface area contributed by atoms with Crippen LogP contribution >= 0.6 is 0 Å². The summed E-state index contributed by atoms with van der Waals surface area (Å²) in [4.78, 5) is 4.91. The van der Waals surface area contributed by atoms with Gasteiger partial charge in [-0.25, -0.2) is 0 Å². The van der Waals surface area contributed by atoms with Crippen molar-refractivity contribution in [3.63, 3.8) is 0 Å². The fraction of sp³-hybridized carbons (Fsp3) is 1.00. The van der Waals surface area contributed by atoms with Gasteiger partial charge in [0, 0.05) is 25.7 Å². The molecule has 0 heterocycles. The molecule has 1 aliphatic rings. The first-order chi connectivity index (χ1) is 7.31. The maximum absolute atomic E-state index is 9.03. The van der Waals surface area contributed by atoms with Gasteiger partial charge in [0.15, 0.2) is 0 Å². The molecule has 0 saturated heterocycles. The highest BCUT2D eigenvalue weighted by Crippen LogP contribution is 2.24. The molecular formula is C12H26N2O. The summed E-state index contributed by atoms with van der Waals surface area (Å²) < 4.78 is 0. The second-order valence-electron chi connectivity index (χ2n) is 4.37. The molecule has 0 aliphatic heterocycles. The highest BCUT2D eigenvalue weighted by Gasteiger charge is 2.24. The van der Waals surface area contributed by atoms with Crippen LogP contribution in [-0.2, 0) is 0 Å². The van der Waals surface area contributed by atoms with Crippen LogP contribution < -0.4 is 0 Å². The average Bonchev–Trinajstić information content (AvgIpc) is 2.17. The second-order valence-corrected chi connectivity index (χ2v) is 4.37. The van der Waals surface area contributed by atoms with Crippen molar-refractivity contribution in [3.05, 3.63) is 0 Å². The maximum Gasteiger partial charge on any atom is 0.0558 e. The van der Waals surface area contributed by atoms with Crippen molar-refractivity contribution in [3.8, 4) is 0 Å². The van der Waals surface area contributed by atoms with Crippen molar-refractivity contribution in [1.82, 2.24) is 9.80 Å². The highest BCUT2D eigenvalue weighted by molar-refractivity contribution is 4.80. The topological polar surface area (TPSA) is 26.7 Å². The standard InChI is InChI=1S/C12H26N2O/c1-3-13(4-2)8-9-14(10-11-15)12-6-5-7-12/h12,15H,3-11H2,1-2H3. The van der Waals surface area contributed by atoms with E-state index in [2.05, 4.69) is 23.6 Å². The minimum absolute atomic E-state index is 0.300. The Balaban J connectivity index is 2.23. The molecule has 1 fully saturated rings. The van der Waals surface area contributed by atoms with Crippen molar-refractivity contribution in [2.24, 2.45) is 0 Å². The van der Waals surface area contributed by atoms with Crippen molar-refractivity contribution in [2.75, 3.05) is 39.3 Å². The summed E-state index contributed by atoms with van der Waals surface area (Å²) >= 11 is 0. The van der Waals surface area contributed by atoms with Crippen molar-refractivity contribution < 1.29 is 5.11 Å². The summed E-state index contributed by atoms with van der Waals surface area (Å²) in [5, 5.41) is 9.03. The molecule has 0 aromatic heterocycles. The monoisotopic (exact) mass is 214 g/mol. The number of nitrogens with zero attached hydrogens (tertiary/aromatic N) is 2. The van der Waals surface area contributed by atoms with Crippen LogP contribution in [0.4, 0.5) is 0 Å². The summed E-state index contributed by atoms with van der Waals surface area (Å²) in [5.41, 5.74) is 0. The van der Waals surface area contributed by atoms with Crippen molar-refractivity contribution in [2.45, 2.75) is 39.2 Å². The van der Waals surface area contributed by atoms with Gasteiger partial charge >= 0.3 is 0 Å². The van der Waals surface area contributed by atoms with Crippen LogP contribution in [0.5, 0.6) is 0 Å². The normalized spacial score (nSPS) is 17.4. The van der Waals surface area contributed by atoms with Gasteiger partial charge in [-0.1, -0.05) is 20.3 Å². The van der Waals surface area contributed by atoms with Gasteiger partial charge in [-0.15, -0.1) is 0 Å². The SMILES string of the molecule is CCN(CC)CCN(CCO)C1CCC1. The summed E-state index contributed by atoms with van der Waals surface area (Å²) in [6, 6.07) is 0.757. The van der Waals surface area contributed by atoms with Gasteiger partial charge in [0.2, 0.25) is 0 Å². The minimum Gasteiger partial charge on any atom is -0.395 e. The van der Waals surface area contributed by atoms with Gasteiger partial charge in [-0.05, 0) is 25.9 Å². The Morgan fingerprint density at radius 2 is 1.73 bits per heavy atom. The zero-order valence-electron chi connectivity index (χ0n) is 10.3. The molecule has 0 spiro atoms. The molecule has 3 heteroatoms. The lowest BCUT2D eigenvalue weighted by Crippen LogP contribution is -2.45. The third kappa shape index (κ3) is 4.09. The fourth-order valence-electron chi connectivity index (χ4n) is 2.17. The summed E-state index contributed by atoms with van der Waals surface area (Å²) in [5.74, 6) is 0. The van der Waals surface area contributed by atoms with Gasteiger partial charge in [-0.3, -0.25) is 4.90 Å². The number of hydrogen-bond acceptors (Lipinski definition) is 3. The van der Waals surface area contributed by atoms with E-state index in [0.717, 1.165) is 38.8 Å². The second kappa shape index (κ2) is 7.20. The molecule has 1 aliphatic carbocycles. The smallest absolute Gasteiger partial charge is 0.0558 e. The van der Waals surface area contributed by atoms with Gasteiger partial charge in [0.1, 0.15) is 0 Å². The van der Waals surface area contributed by atoms with Gasteiger partial charge in [-0.2, -0.15) is 0 Å². The Morgan fingerprint density at radius 3 is 2.13 bits per heavy atom. The van der Waals surface area contributed by atoms with E-state index in [1.807, 2.05) is 0 Å². The van der Waals surface area contributed by atoms with Crippen LogP contribution in [0.2, 0.25) is 0 Å². The van der Waals surface area contributed by atoms with Crippen LogP contribution in [0.25, 0.3) is 0 Å². The quantitative estimate of drug-likeness (QED) is 0.657. The molecule has 1 rings (SSSR count). The molecule has 1 saturated carbocycles. The molecular weight excluding hydrogens is 188 g/mol. The largest absolute Gasteiger partial charge is 0.395 e. The summed E-state index contributed by atoms with van der Waals surface area (Å²) in [7, 11) is 0. The number of aliphatic hydroxyl groups excluding tert-OH is 1. The van der Waals surface area contributed by atoms with Crippen molar-refractivity contribution >= 4 is 0 Å². The first-order valence-corrected chi connectivity index (χ1v) is 6.39. The van der Waals surface area contributed by atoms with Crippen LogP contribution in [0.1, 0.15) is 33.1 Å². The van der Waals surface area contributed by atoms with E-state index in [1.165, 1.54) is 19.3 Å². The average molecular weight is 214 g/mol. The van der Waals surface area contributed by atoms with E-state index < -0.39 is 0 Å². The summed E-state index contributed by atoms with van der Waals surface area (Å²) in [6.45, 7) is 10.1. The maximum atomic E-state index is 9.03. The molecule has 15 heavy (non-hydrogen) atoms.